The predicted molar refractivity (Wildman–Crippen MR) is 99.6 cm³/mol. The zero-order valence-corrected chi connectivity index (χ0v) is 15.8. The van der Waals surface area contributed by atoms with Crippen molar-refractivity contribution in [2.75, 3.05) is 52.9 Å². The zero-order chi connectivity index (χ0) is 16.4. The van der Waals surface area contributed by atoms with Crippen molar-refractivity contribution < 1.29 is 4.74 Å². The van der Waals surface area contributed by atoms with Gasteiger partial charge in [-0.2, -0.15) is 11.3 Å². The summed E-state index contributed by atoms with van der Waals surface area (Å²) in [6.07, 6.45) is 5.51. The van der Waals surface area contributed by atoms with Gasteiger partial charge in [0.2, 0.25) is 0 Å². The largest absolute Gasteiger partial charge is 0.369 e. The summed E-state index contributed by atoms with van der Waals surface area (Å²) in [4.78, 5) is 7.64. The van der Waals surface area contributed by atoms with Crippen LogP contribution in [0.25, 0.3) is 0 Å². The molecule has 0 N–H and O–H groups in total. The van der Waals surface area contributed by atoms with Crippen molar-refractivity contribution >= 4 is 11.3 Å². The van der Waals surface area contributed by atoms with Crippen molar-refractivity contribution in [1.82, 2.24) is 14.7 Å². The van der Waals surface area contributed by atoms with Crippen LogP contribution in [0, 0.1) is 0 Å². The lowest BCUT2D eigenvalue weighted by atomic mass is 9.90. The van der Waals surface area contributed by atoms with E-state index in [0.29, 0.717) is 6.10 Å². The van der Waals surface area contributed by atoms with Crippen LogP contribution >= 0.6 is 11.3 Å². The molecule has 5 heteroatoms. The van der Waals surface area contributed by atoms with Crippen molar-refractivity contribution in [3.8, 4) is 0 Å². The molecule has 0 amide bonds. The Bertz CT molecular complexity index is 515. The Balaban J connectivity index is 1.30. The quantitative estimate of drug-likeness (QED) is 0.831. The minimum atomic E-state index is 0.144. The monoisotopic (exact) mass is 349 g/mol. The van der Waals surface area contributed by atoms with Crippen molar-refractivity contribution in [2.45, 2.75) is 43.9 Å². The number of rotatable bonds is 4. The molecule has 0 bridgehead atoms. The van der Waals surface area contributed by atoms with Crippen molar-refractivity contribution in [1.29, 1.82) is 0 Å². The maximum atomic E-state index is 6.72. The number of hydrogen-bond donors (Lipinski definition) is 0. The molecule has 3 saturated heterocycles. The first-order valence-electron chi connectivity index (χ1n) is 9.53. The molecule has 1 aromatic rings. The fourth-order valence-corrected chi connectivity index (χ4v) is 5.23. The predicted octanol–water partition coefficient (Wildman–Crippen LogP) is 2.51. The van der Waals surface area contributed by atoms with Gasteiger partial charge in [0.1, 0.15) is 0 Å². The highest BCUT2D eigenvalue weighted by Gasteiger charge is 2.43. The molecule has 4 rings (SSSR count). The summed E-state index contributed by atoms with van der Waals surface area (Å²) in [5.41, 5.74) is 1.60. The van der Waals surface area contributed by atoms with Crippen LogP contribution in [0.3, 0.4) is 0 Å². The van der Waals surface area contributed by atoms with Crippen LogP contribution in [0.1, 0.15) is 31.2 Å². The van der Waals surface area contributed by atoms with Crippen molar-refractivity contribution in [3.63, 3.8) is 0 Å². The highest BCUT2D eigenvalue weighted by Crippen LogP contribution is 2.37. The van der Waals surface area contributed by atoms with Crippen molar-refractivity contribution in [3.05, 3.63) is 22.4 Å². The Morgan fingerprint density at radius 3 is 2.83 bits per heavy atom. The second-order valence-electron chi connectivity index (χ2n) is 8.01. The van der Waals surface area contributed by atoms with Crippen LogP contribution < -0.4 is 0 Å². The van der Waals surface area contributed by atoms with E-state index < -0.39 is 0 Å². The maximum Gasteiger partial charge on any atom is 0.0825 e. The number of likely N-dealkylation sites (tertiary alicyclic amines) is 1. The maximum absolute atomic E-state index is 6.72. The molecule has 3 fully saturated rings. The topological polar surface area (TPSA) is 19.0 Å². The molecule has 3 aliphatic rings. The smallest absolute Gasteiger partial charge is 0.0825 e. The van der Waals surface area contributed by atoms with Crippen molar-refractivity contribution in [2.24, 2.45) is 0 Å². The summed E-state index contributed by atoms with van der Waals surface area (Å²) >= 11 is 1.80. The van der Waals surface area contributed by atoms with E-state index in [1.54, 1.807) is 11.3 Å². The molecule has 1 spiro atoms. The molecule has 0 radical (unpaired) electrons. The van der Waals surface area contributed by atoms with Gasteiger partial charge in [0, 0.05) is 52.4 Å². The van der Waals surface area contributed by atoms with Crippen LogP contribution in [0.4, 0.5) is 0 Å². The third-order valence-electron chi connectivity index (χ3n) is 6.01. The van der Waals surface area contributed by atoms with E-state index in [0.717, 1.165) is 19.6 Å². The molecule has 0 aliphatic carbocycles. The lowest BCUT2D eigenvalue weighted by Crippen LogP contribution is -2.51. The van der Waals surface area contributed by atoms with Gasteiger partial charge in [0.05, 0.1) is 11.7 Å². The second-order valence-corrected chi connectivity index (χ2v) is 8.79. The van der Waals surface area contributed by atoms with Crippen LogP contribution in [0.5, 0.6) is 0 Å². The van der Waals surface area contributed by atoms with Gasteiger partial charge >= 0.3 is 0 Å². The number of nitrogens with zero attached hydrogens (tertiary/aromatic N) is 3. The molecule has 4 nitrogen and oxygen atoms in total. The minimum absolute atomic E-state index is 0.144. The number of hydrogen-bond acceptors (Lipinski definition) is 5. The average molecular weight is 350 g/mol. The molecular weight excluding hydrogens is 318 g/mol. The van der Waals surface area contributed by atoms with Gasteiger partial charge in [-0.05, 0) is 55.1 Å². The molecular formula is C19H31N3OS. The standard InChI is InChI=1S/C19H31N3OS/c1-20-8-10-21(11-9-20)14-18-3-2-5-19(23-18)6-7-22(16-19)13-17-4-12-24-15-17/h4,12,15,18H,2-3,5-11,13-14,16H2,1H3/t18-,19-/m1/s1. The Morgan fingerprint density at radius 2 is 2.04 bits per heavy atom. The number of thiophene rings is 1. The Hall–Kier alpha value is -0.460. The van der Waals surface area contributed by atoms with E-state index in [1.807, 2.05) is 0 Å². The van der Waals surface area contributed by atoms with Gasteiger partial charge in [-0.15, -0.1) is 0 Å². The first kappa shape index (κ1) is 17.0. The minimum Gasteiger partial charge on any atom is -0.369 e. The van der Waals surface area contributed by atoms with Crippen LogP contribution in [0.2, 0.25) is 0 Å². The van der Waals surface area contributed by atoms with Gasteiger partial charge in [-0.25, -0.2) is 0 Å². The van der Waals surface area contributed by atoms with E-state index in [4.69, 9.17) is 4.74 Å². The van der Waals surface area contributed by atoms with Gasteiger partial charge < -0.3 is 9.64 Å². The summed E-state index contributed by atoms with van der Waals surface area (Å²) in [5, 5.41) is 4.47. The summed E-state index contributed by atoms with van der Waals surface area (Å²) in [5.74, 6) is 0. The van der Waals surface area contributed by atoms with Gasteiger partial charge in [-0.3, -0.25) is 9.80 Å². The molecule has 24 heavy (non-hydrogen) atoms. The number of ether oxygens (including phenoxy) is 1. The van der Waals surface area contributed by atoms with E-state index in [9.17, 15) is 0 Å². The molecule has 4 heterocycles. The first-order valence-corrected chi connectivity index (χ1v) is 10.5. The van der Waals surface area contributed by atoms with Gasteiger partial charge in [0.25, 0.3) is 0 Å². The number of piperazine rings is 1. The van der Waals surface area contributed by atoms with Gasteiger partial charge in [-0.1, -0.05) is 0 Å². The van der Waals surface area contributed by atoms with Gasteiger partial charge in [0.15, 0.2) is 0 Å². The molecule has 0 saturated carbocycles. The highest BCUT2D eigenvalue weighted by atomic mass is 32.1. The molecule has 0 unspecified atom stereocenters. The van der Waals surface area contributed by atoms with E-state index in [-0.39, 0.29) is 5.60 Å². The van der Waals surface area contributed by atoms with Crippen LogP contribution in [-0.4, -0.2) is 79.3 Å². The summed E-state index contributed by atoms with van der Waals surface area (Å²) in [6.45, 7) is 9.36. The molecule has 134 valence electrons. The van der Waals surface area contributed by atoms with Crippen LogP contribution in [0.15, 0.2) is 16.8 Å². The normalized spacial score (nSPS) is 33.5. The molecule has 2 atom stereocenters. The third-order valence-corrected chi connectivity index (χ3v) is 6.75. The molecule has 1 aromatic heterocycles. The Kier molecular flexibility index (Phi) is 5.25. The first-order chi connectivity index (χ1) is 11.7. The summed E-state index contributed by atoms with van der Waals surface area (Å²) in [6, 6.07) is 2.26. The fourth-order valence-electron chi connectivity index (χ4n) is 4.57. The van der Waals surface area contributed by atoms with E-state index >= 15 is 0 Å². The van der Waals surface area contributed by atoms with E-state index in [2.05, 4.69) is 38.6 Å². The molecule has 0 aromatic carbocycles. The summed E-state index contributed by atoms with van der Waals surface area (Å²) in [7, 11) is 2.23. The summed E-state index contributed by atoms with van der Waals surface area (Å²) < 4.78 is 6.72. The van der Waals surface area contributed by atoms with Crippen LogP contribution in [-0.2, 0) is 11.3 Å². The average Bonchev–Trinajstić information content (AvgIpc) is 3.21. The lowest BCUT2D eigenvalue weighted by molar-refractivity contribution is -0.130. The Morgan fingerprint density at radius 1 is 1.17 bits per heavy atom. The second kappa shape index (κ2) is 7.42. The third kappa shape index (κ3) is 4.02. The SMILES string of the molecule is CN1CCN(C[C@H]2CCC[C@]3(CCN(Cc4ccsc4)C3)O2)CC1. The fraction of sp³-hybridized carbons (Fsp3) is 0.789. The Labute approximate surface area is 150 Å². The zero-order valence-electron chi connectivity index (χ0n) is 15.0. The van der Waals surface area contributed by atoms with E-state index in [1.165, 1.54) is 64.0 Å². The highest BCUT2D eigenvalue weighted by molar-refractivity contribution is 7.07. The number of likely N-dealkylation sites (N-methyl/N-ethyl adjacent to an activating group) is 1. The molecule has 3 aliphatic heterocycles. The lowest BCUT2D eigenvalue weighted by Gasteiger charge is -2.42.